The smallest absolute Gasteiger partial charge is 0.167 e. The molecule has 486 valence electrons. The first-order valence-electron chi connectivity index (χ1n) is 33.3. The minimum absolute atomic E-state index is 0.0702. The maximum Gasteiger partial charge on any atom is 0.167 e. The second-order valence-corrected chi connectivity index (χ2v) is 29.0. The van der Waals surface area contributed by atoms with Crippen LogP contribution in [0.25, 0.3) is 89.9 Å². The lowest BCUT2D eigenvalue weighted by Crippen LogP contribution is -2.25. The lowest BCUT2D eigenvalue weighted by molar-refractivity contribution is 0.232. The van der Waals surface area contributed by atoms with Crippen LogP contribution in [0.15, 0.2) is 200 Å². The number of nitrogens with zero attached hydrogens (tertiary/aromatic N) is 9. The Kier molecular flexibility index (Phi) is 19.5. The minimum atomic E-state index is -0.231. The fourth-order valence-corrected chi connectivity index (χ4v) is 13.2. The number of hydrogen-bond acceptors (Lipinski definition) is 11. The molecule has 0 saturated heterocycles. The molecule has 0 spiro atoms. The van der Waals surface area contributed by atoms with Gasteiger partial charge in [0.25, 0.3) is 0 Å². The van der Waals surface area contributed by atoms with E-state index in [1.54, 1.807) is 6.07 Å². The van der Waals surface area contributed by atoms with Crippen molar-refractivity contribution in [3.8, 4) is 90.8 Å². The molecule has 0 aliphatic rings. The number of hydrogen-bond donors (Lipinski definition) is 3. The first kappa shape index (κ1) is 66.4. The molecule has 9 aromatic carbocycles. The molecule has 1 atom stereocenters. The van der Waals surface area contributed by atoms with Crippen LogP contribution in [0.4, 0.5) is 0 Å². The SMILES string of the molecule is CC(C)(C)CC(C)(C)c1cc(Cc2cc(C(C)(C)CC(C)(C)C)cc(-n3nc4ccccc4n3)c2O)c(O)c(-n2nc3ccccc3n2)c1.CCCCC(CC)COc1ccc(-c2nc(-c3ccc(-c4ccccc4)cc3)nc(-c3ccc(-c4ccccc4)cc3)n2)c(O)c1. The van der Waals surface area contributed by atoms with Crippen molar-refractivity contribution >= 4 is 22.1 Å². The monoisotopic (exact) mass is 1260 g/mol. The largest absolute Gasteiger partial charge is 0.507 e. The predicted molar refractivity (Wildman–Crippen MR) is 386 cm³/mol. The van der Waals surface area contributed by atoms with Gasteiger partial charge in [-0.25, -0.2) is 15.0 Å². The molecule has 3 aromatic heterocycles. The third-order valence-electron chi connectivity index (χ3n) is 17.6. The van der Waals surface area contributed by atoms with E-state index in [2.05, 4.69) is 144 Å². The zero-order chi connectivity index (χ0) is 67.2. The number of aromatic hydroxyl groups is 3. The summed E-state index contributed by atoms with van der Waals surface area (Å²) >= 11 is 0. The topological polar surface area (TPSA) is 170 Å². The molecule has 0 saturated carbocycles. The molecule has 3 heterocycles. The molecule has 0 bridgehead atoms. The van der Waals surface area contributed by atoms with Crippen molar-refractivity contribution in [2.45, 2.75) is 139 Å². The number of aromatic nitrogens is 9. The van der Waals surface area contributed by atoms with Crippen molar-refractivity contribution in [2.24, 2.45) is 16.7 Å². The van der Waals surface area contributed by atoms with Gasteiger partial charge in [0.2, 0.25) is 0 Å². The van der Waals surface area contributed by atoms with E-state index in [1.165, 1.54) is 22.4 Å². The van der Waals surface area contributed by atoms with Crippen LogP contribution in [0, 0.1) is 16.7 Å². The van der Waals surface area contributed by atoms with Gasteiger partial charge < -0.3 is 20.1 Å². The van der Waals surface area contributed by atoms with E-state index in [1.807, 2.05) is 133 Å². The Hall–Kier alpha value is -10.0. The maximum atomic E-state index is 12.0. The van der Waals surface area contributed by atoms with Crippen LogP contribution in [-0.4, -0.2) is 66.9 Å². The summed E-state index contributed by atoms with van der Waals surface area (Å²) in [7, 11) is 0. The van der Waals surface area contributed by atoms with Gasteiger partial charge in [-0.15, -0.1) is 30.0 Å². The molecule has 3 N–H and O–H groups in total. The lowest BCUT2D eigenvalue weighted by atomic mass is 9.71. The van der Waals surface area contributed by atoms with E-state index in [9.17, 15) is 15.3 Å². The van der Waals surface area contributed by atoms with E-state index in [4.69, 9.17) is 40.1 Å². The molecule has 0 aliphatic heterocycles. The number of fused-ring (bicyclic) bond motifs is 2. The summed E-state index contributed by atoms with van der Waals surface area (Å²) < 4.78 is 6.10. The number of rotatable bonds is 20. The van der Waals surface area contributed by atoms with Gasteiger partial charge in [-0.3, -0.25) is 0 Å². The molecular formula is C82H89N9O4. The van der Waals surface area contributed by atoms with Crippen LogP contribution in [0.1, 0.15) is 144 Å². The van der Waals surface area contributed by atoms with Gasteiger partial charge in [-0.05, 0) is 129 Å². The fraction of sp³-hybridized carbons (Fsp3) is 0.305. The standard InChI is InChI=1S/C41H50N6O2.C41H39N3O2/c1-38(2,3)24-40(7,8)28-20-26(36(48)34(22-28)46-42-30-15-11-12-16-31(30)43-46)19-27-21-29(41(9,10)25-39(4,5)6)23-35(37(27)49)47-44-32-17-13-14-18-33(32)45-47;1-3-5-12-29(4-2)28-46-36-25-26-37(38(45)27-36)41-43-39(34-21-17-32(18-22-34)30-13-8-6-9-14-30)42-40(44-41)35-23-19-33(20-24-35)31-15-10-7-11-16-31/h11-18,20-23,48-49H,19,24-25H2,1-10H3;6-11,13-27,29,45H,3-5,12,28H2,1-2H3. The summed E-state index contributed by atoms with van der Waals surface area (Å²) in [6, 6.07) is 66.0. The zero-order valence-corrected chi connectivity index (χ0v) is 57.1. The molecular weight excluding hydrogens is 1170 g/mol. The maximum absolute atomic E-state index is 12.0. The van der Waals surface area contributed by atoms with Crippen LogP contribution in [0.5, 0.6) is 23.0 Å². The van der Waals surface area contributed by atoms with E-state index in [0.29, 0.717) is 63.8 Å². The minimum Gasteiger partial charge on any atom is -0.507 e. The van der Waals surface area contributed by atoms with Gasteiger partial charge in [0.05, 0.1) is 12.2 Å². The normalized spacial score (nSPS) is 12.4. The van der Waals surface area contributed by atoms with Crippen LogP contribution in [0.3, 0.4) is 0 Å². The van der Waals surface area contributed by atoms with E-state index < -0.39 is 0 Å². The number of ether oxygens (including phenoxy) is 1. The highest BCUT2D eigenvalue weighted by molar-refractivity contribution is 5.77. The van der Waals surface area contributed by atoms with Crippen molar-refractivity contribution in [2.75, 3.05) is 6.61 Å². The first-order valence-corrected chi connectivity index (χ1v) is 33.3. The predicted octanol–water partition coefficient (Wildman–Crippen LogP) is 20.1. The van der Waals surface area contributed by atoms with Crippen molar-refractivity contribution in [3.05, 3.63) is 222 Å². The van der Waals surface area contributed by atoms with E-state index >= 15 is 0 Å². The Morgan fingerprint density at radius 3 is 1.18 bits per heavy atom. The Labute approximate surface area is 559 Å². The van der Waals surface area contributed by atoms with Crippen LogP contribution < -0.4 is 4.74 Å². The average molecular weight is 1260 g/mol. The molecule has 0 aliphatic carbocycles. The average Bonchev–Trinajstić information content (AvgIpc) is 1.74. The molecule has 13 nitrogen and oxygen atoms in total. The first-order chi connectivity index (χ1) is 45.4. The molecule has 1 unspecified atom stereocenters. The number of unbranched alkanes of at least 4 members (excludes halogenated alkanes) is 1. The molecule has 12 rings (SSSR count). The summed E-state index contributed by atoms with van der Waals surface area (Å²) in [5.41, 5.74) is 14.0. The third-order valence-corrected chi connectivity index (χ3v) is 17.6. The van der Waals surface area contributed by atoms with Gasteiger partial charge in [-0.1, -0.05) is 248 Å². The molecule has 95 heavy (non-hydrogen) atoms. The Morgan fingerprint density at radius 2 is 0.800 bits per heavy atom. The second-order valence-electron chi connectivity index (χ2n) is 29.0. The Bertz CT molecular complexity index is 4280. The van der Waals surface area contributed by atoms with E-state index in [-0.39, 0.29) is 45.3 Å². The van der Waals surface area contributed by atoms with Gasteiger partial charge in [0.15, 0.2) is 17.5 Å². The van der Waals surface area contributed by atoms with Gasteiger partial charge in [0.1, 0.15) is 56.4 Å². The van der Waals surface area contributed by atoms with Crippen molar-refractivity contribution in [1.29, 1.82) is 0 Å². The molecule has 0 fully saturated rings. The molecule has 12 aromatic rings. The van der Waals surface area contributed by atoms with Gasteiger partial charge in [0, 0.05) is 34.7 Å². The number of benzene rings is 9. The van der Waals surface area contributed by atoms with Crippen LogP contribution >= 0.6 is 0 Å². The summed E-state index contributed by atoms with van der Waals surface area (Å²) in [4.78, 5) is 17.7. The van der Waals surface area contributed by atoms with Crippen molar-refractivity contribution < 1.29 is 20.1 Å². The summed E-state index contributed by atoms with van der Waals surface area (Å²) in [5.74, 6) is 2.84. The zero-order valence-electron chi connectivity index (χ0n) is 57.1. The Balaban J connectivity index is 0.000000194. The Morgan fingerprint density at radius 1 is 0.421 bits per heavy atom. The summed E-state index contributed by atoms with van der Waals surface area (Å²) in [6.07, 6.45) is 6.70. The highest BCUT2D eigenvalue weighted by atomic mass is 16.5. The number of phenols is 3. The van der Waals surface area contributed by atoms with Gasteiger partial charge >= 0.3 is 0 Å². The fourth-order valence-electron chi connectivity index (χ4n) is 13.2. The highest BCUT2D eigenvalue weighted by Gasteiger charge is 2.33. The summed E-state index contributed by atoms with van der Waals surface area (Å²) in [6.45, 7) is 27.5. The van der Waals surface area contributed by atoms with E-state index in [0.717, 1.165) is 92.3 Å². The molecule has 0 radical (unpaired) electrons. The lowest BCUT2D eigenvalue weighted by Gasteiger charge is -2.34. The second kappa shape index (κ2) is 27.9. The van der Waals surface area contributed by atoms with Gasteiger partial charge in [-0.2, -0.15) is 0 Å². The van der Waals surface area contributed by atoms with Crippen molar-refractivity contribution in [3.63, 3.8) is 0 Å². The summed E-state index contributed by atoms with van der Waals surface area (Å²) in [5, 5.41) is 54.1. The van der Waals surface area contributed by atoms with Crippen LogP contribution in [-0.2, 0) is 17.3 Å². The van der Waals surface area contributed by atoms with Crippen LogP contribution in [0.2, 0.25) is 0 Å². The molecule has 13 heteroatoms. The third kappa shape index (κ3) is 16.0. The quantitative estimate of drug-likeness (QED) is 0.0664. The number of phenolic OH excluding ortho intramolecular Hbond substituents is 3. The van der Waals surface area contributed by atoms with Crippen molar-refractivity contribution in [1.82, 2.24) is 44.9 Å². The highest BCUT2D eigenvalue weighted by Crippen LogP contribution is 2.44. The molecule has 0 amide bonds.